The predicted molar refractivity (Wildman–Crippen MR) is 97.7 cm³/mol. The molecular weight excluding hydrogens is 348 g/mol. The van der Waals surface area contributed by atoms with Gasteiger partial charge < -0.3 is 24.7 Å². The predicted octanol–water partition coefficient (Wildman–Crippen LogP) is -0.243. The highest BCUT2D eigenvalue weighted by Gasteiger charge is 2.40. The van der Waals surface area contributed by atoms with Crippen LogP contribution in [0.3, 0.4) is 0 Å². The largest absolute Gasteiger partial charge is 0.355 e. The number of nitrogens with one attached hydrogen (secondary N) is 2. The van der Waals surface area contributed by atoms with E-state index in [-0.39, 0.29) is 30.3 Å². The maximum Gasteiger partial charge on any atom is 0.271 e. The summed E-state index contributed by atoms with van der Waals surface area (Å²) in [7, 11) is 1.79. The summed E-state index contributed by atoms with van der Waals surface area (Å²) in [6.07, 6.45) is 7.05. The van der Waals surface area contributed by atoms with Crippen LogP contribution in [-0.4, -0.2) is 61.9 Å². The summed E-state index contributed by atoms with van der Waals surface area (Å²) in [4.78, 5) is 43.1. The van der Waals surface area contributed by atoms with Crippen LogP contribution >= 0.6 is 0 Å². The van der Waals surface area contributed by atoms with Gasteiger partial charge in [0.05, 0.1) is 6.33 Å². The summed E-state index contributed by atoms with van der Waals surface area (Å²) in [5.74, 6) is -0.600. The average molecular weight is 372 g/mol. The second kappa shape index (κ2) is 8.07. The number of aryl methyl sites for hydroxylation is 1. The Morgan fingerprint density at radius 1 is 1.30 bits per heavy atom. The normalized spacial score (nSPS) is 19.1. The number of likely N-dealkylation sites (tertiary alicyclic amines) is 1. The molecule has 1 fully saturated rings. The third-order valence-corrected chi connectivity index (χ3v) is 4.63. The zero-order valence-electron chi connectivity index (χ0n) is 15.5. The fourth-order valence-corrected chi connectivity index (χ4v) is 3.36. The summed E-state index contributed by atoms with van der Waals surface area (Å²) in [5, 5.41) is 5.70. The fourth-order valence-electron chi connectivity index (χ4n) is 3.36. The van der Waals surface area contributed by atoms with Crippen molar-refractivity contribution in [1.29, 1.82) is 0 Å². The monoisotopic (exact) mass is 372 g/mol. The first kappa shape index (κ1) is 18.7. The molecule has 0 radical (unpaired) electrons. The third kappa shape index (κ3) is 4.18. The van der Waals surface area contributed by atoms with Gasteiger partial charge in [0.25, 0.3) is 5.91 Å². The van der Waals surface area contributed by atoms with Gasteiger partial charge >= 0.3 is 0 Å². The zero-order valence-corrected chi connectivity index (χ0v) is 15.5. The van der Waals surface area contributed by atoms with Crippen LogP contribution in [0.5, 0.6) is 0 Å². The summed E-state index contributed by atoms with van der Waals surface area (Å²) in [6.45, 7) is 2.76. The van der Waals surface area contributed by atoms with Gasteiger partial charge in [-0.2, -0.15) is 0 Å². The third-order valence-electron chi connectivity index (χ3n) is 4.63. The Morgan fingerprint density at radius 2 is 2.11 bits per heavy atom. The molecule has 0 bridgehead atoms. The van der Waals surface area contributed by atoms with Crippen molar-refractivity contribution in [2.45, 2.75) is 32.0 Å². The second-order valence-corrected chi connectivity index (χ2v) is 6.61. The molecule has 0 spiro atoms. The number of hydrogen-bond acceptors (Lipinski definition) is 4. The van der Waals surface area contributed by atoms with E-state index in [0.29, 0.717) is 25.2 Å². The molecule has 2 atom stereocenters. The smallest absolute Gasteiger partial charge is 0.271 e. The molecule has 2 aromatic rings. The highest BCUT2D eigenvalue weighted by atomic mass is 16.2. The number of rotatable bonds is 6. The van der Waals surface area contributed by atoms with Crippen LogP contribution < -0.4 is 10.6 Å². The van der Waals surface area contributed by atoms with E-state index in [1.54, 1.807) is 58.1 Å². The van der Waals surface area contributed by atoms with Crippen molar-refractivity contribution in [2.24, 2.45) is 7.05 Å². The lowest BCUT2D eigenvalue weighted by Crippen LogP contribution is -2.46. The topological polar surface area (TPSA) is 101 Å². The maximum atomic E-state index is 12.9. The van der Waals surface area contributed by atoms with Crippen molar-refractivity contribution in [3.63, 3.8) is 0 Å². The minimum absolute atomic E-state index is 0.147. The second-order valence-electron chi connectivity index (χ2n) is 6.61. The van der Waals surface area contributed by atoms with Crippen LogP contribution in [0.2, 0.25) is 0 Å². The number of amides is 3. The Morgan fingerprint density at radius 3 is 2.74 bits per heavy atom. The van der Waals surface area contributed by atoms with E-state index in [9.17, 15) is 14.4 Å². The van der Waals surface area contributed by atoms with Gasteiger partial charge in [-0.05, 0) is 25.5 Å². The molecule has 0 unspecified atom stereocenters. The summed E-state index contributed by atoms with van der Waals surface area (Å²) in [6, 6.07) is 2.63. The number of aromatic nitrogens is 3. The molecule has 9 heteroatoms. The Kier molecular flexibility index (Phi) is 5.58. The van der Waals surface area contributed by atoms with Gasteiger partial charge in [-0.25, -0.2) is 4.98 Å². The van der Waals surface area contributed by atoms with Gasteiger partial charge in [0.15, 0.2) is 0 Å². The summed E-state index contributed by atoms with van der Waals surface area (Å²) < 4.78 is 3.39. The molecule has 0 aliphatic carbocycles. The Bertz CT molecular complexity index is 813. The minimum atomic E-state index is -0.606. The van der Waals surface area contributed by atoms with Crippen molar-refractivity contribution in [1.82, 2.24) is 29.7 Å². The Balaban J connectivity index is 1.71. The first-order valence-corrected chi connectivity index (χ1v) is 8.94. The van der Waals surface area contributed by atoms with E-state index in [2.05, 4.69) is 15.6 Å². The van der Waals surface area contributed by atoms with E-state index in [1.807, 2.05) is 6.92 Å². The van der Waals surface area contributed by atoms with Crippen molar-refractivity contribution in [2.75, 3.05) is 13.1 Å². The van der Waals surface area contributed by atoms with E-state index in [4.69, 9.17) is 0 Å². The van der Waals surface area contributed by atoms with Crippen LogP contribution in [0.1, 0.15) is 23.8 Å². The van der Waals surface area contributed by atoms with Gasteiger partial charge in [0.1, 0.15) is 18.3 Å². The summed E-state index contributed by atoms with van der Waals surface area (Å²) in [5.41, 5.74) is 0.509. The average Bonchev–Trinajstić information content (AvgIpc) is 3.35. The first-order valence-electron chi connectivity index (χ1n) is 8.94. The number of likely N-dealkylation sites (N-methyl/N-ethyl adjacent to an activating group) is 1. The molecule has 1 saturated heterocycles. The molecule has 2 aromatic heterocycles. The molecule has 1 aliphatic rings. The molecule has 0 saturated carbocycles. The number of carbonyl (C=O) groups is 3. The number of imidazole rings is 1. The molecule has 3 amide bonds. The van der Waals surface area contributed by atoms with E-state index in [0.717, 1.165) is 0 Å². The molecule has 3 rings (SSSR count). The van der Waals surface area contributed by atoms with Crippen molar-refractivity contribution >= 4 is 17.7 Å². The van der Waals surface area contributed by atoms with Gasteiger partial charge in [0, 0.05) is 44.8 Å². The molecule has 0 aromatic carbocycles. The molecule has 2 N–H and O–H groups in total. The van der Waals surface area contributed by atoms with Crippen molar-refractivity contribution in [3.05, 3.63) is 42.7 Å². The quantitative estimate of drug-likeness (QED) is 0.731. The van der Waals surface area contributed by atoms with Crippen LogP contribution in [0.4, 0.5) is 0 Å². The van der Waals surface area contributed by atoms with Gasteiger partial charge in [-0.15, -0.1) is 0 Å². The van der Waals surface area contributed by atoms with Crippen LogP contribution in [0.25, 0.3) is 0 Å². The first-order chi connectivity index (χ1) is 13.0. The zero-order chi connectivity index (χ0) is 19.4. The molecular formula is C18H24N6O3. The van der Waals surface area contributed by atoms with Crippen LogP contribution in [0.15, 0.2) is 37.1 Å². The lowest BCUT2D eigenvalue weighted by molar-refractivity contribution is -0.125. The lowest BCUT2D eigenvalue weighted by Gasteiger charge is -2.23. The lowest BCUT2D eigenvalue weighted by atomic mass is 10.1. The van der Waals surface area contributed by atoms with Crippen molar-refractivity contribution < 1.29 is 14.4 Å². The molecule has 27 heavy (non-hydrogen) atoms. The minimum Gasteiger partial charge on any atom is -0.355 e. The van der Waals surface area contributed by atoms with Crippen LogP contribution in [-0.2, 0) is 23.2 Å². The number of carbonyl (C=O) groups excluding carboxylic acids is 3. The number of hydrogen-bond donors (Lipinski definition) is 2. The van der Waals surface area contributed by atoms with E-state index in [1.165, 1.54) is 0 Å². The van der Waals surface area contributed by atoms with Gasteiger partial charge in [0.2, 0.25) is 11.8 Å². The van der Waals surface area contributed by atoms with Gasteiger partial charge in [-0.3, -0.25) is 14.4 Å². The Labute approximate surface area is 157 Å². The van der Waals surface area contributed by atoms with Gasteiger partial charge in [-0.1, -0.05) is 0 Å². The molecule has 1 aliphatic heterocycles. The molecule has 9 nitrogen and oxygen atoms in total. The van der Waals surface area contributed by atoms with E-state index >= 15 is 0 Å². The van der Waals surface area contributed by atoms with Crippen molar-refractivity contribution in [3.8, 4) is 0 Å². The SMILES string of the molecule is CCNC(=O)[C@@H]1C[C@H](NC(=O)Cn2ccnc2)CN1C(=O)c1cccn1C. The highest BCUT2D eigenvalue weighted by Crippen LogP contribution is 2.21. The fraction of sp³-hybridized carbons (Fsp3) is 0.444. The maximum absolute atomic E-state index is 12.9. The Hall–Kier alpha value is -3.10. The molecule has 3 heterocycles. The standard InChI is InChI=1S/C18H24N6O3/c1-3-20-17(26)15-9-13(21-16(25)11-23-8-6-19-12-23)10-24(15)18(27)14-5-4-7-22(14)2/h4-8,12-13,15H,3,9-11H2,1-2H3,(H,20,26)(H,21,25)/t13-,15-/m0/s1. The van der Waals surface area contributed by atoms with Crippen LogP contribution in [0, 0.1) is 0 Å². The van der Waals surface area contributed by atoms with E-state index < -0.39 is 6.04 Å². The summed E-state index contributed by atoms with van der Waals surface area (Å²) >= 11 is 0. The highest BCUT2D eigenvalue weighted by molar-refractivity contribution is 5.97. The number of nitrogens with zero attached hydrogens (tertiary/aromatic N) is 4. The molecule has 144 valence electrons.